The number of fused-ring (bicyclic) bond motifs is 4. The van der Waals surface area contributed by atoms with Gasteiger partial charge in [0.2, 0.25) is 0 Å². The van der Waals surface area contributed by atoms with Crippen LogP contribution in [0.4, 0.5) is 19.2 Å². The molecule has 6 aliphatic heterocycles. The maximum Gasteiger partial charge on any atom is 0.418 e. The number of ether oxygens (including phenoxy) is 2. The second-order valence-corrected chi connectivity index (χ2v) is 18.7. The number of rotatable bonds is 10. The Bertz CT molecular complexity index is 1710. The van der Waals surface area contributed by atoms with Gasteiger partial charge in [0.1, 0.15) is 23.3 Å². The molecule has 60 heavy (non-hydrogen) atoms. The van der Waals surface area contributed by atoms with Crippen LogP contribution in [0.1, 0.15) is 106 Å². The van der Waals surface area contributed by atoms with Crippen LogP contribution in [0.25, 0.3) is 0 Å². The van der Waals surface area contributed by atoms with Crippen molar-refractivity contribution in [2.75, 3.05) is 39.4 Å². The summed E-state index contributed by atoms with van der Waals surface area (Å²) in [5.41, 5.74) is 3.55. The molecule has 0 radical (unpaired) electrons. The van der Waals surface area contributed by atoms with E-state index in [2.05, 4.69) is 15.2 Å². The second-order valence-electron chi connectivity index (χ2n) is 17.7. The number of amides is 8. The van der Waals surface area contributed by atoms with Gasteiger partial charge in [-0.3, -0.25) is 29.0 Å². The number of nitrogens with one attached hydrogen (secondary N) is 2. The molecule has 340 valence electrons. The number of carbonyl (C=O) groups is 6. The van der Waals surface area contributed by atoms with Crippen molar-refractivity contribution in [1.82, 2.24) is 40.7 Å². The molecule has 0 aromatic carbocycles. The lowest BCUT2D eigenvalue weighted by atomic mass is 10.0. The standard InChI is InChI=1S/C18H30N4O9S.C18H30N4O6/c1-18(2,3)30-17(25)20-9-5-4-6-13(20)11-29-19-15(23)14-8-7-12-10-21(14)16(24)22(12)31-32(26,27)28;1-18(2,3)28-17(25)20-9-5-4-6-13(20)11-27-19-15(23)14-8-7-12-10-21(14)16(24)22(12)26/h12-14H,4-11H2,1-3H3,(H,19,23)(H,26,27,28);12-14,26H,4-11H2,1-3H3,(H,19,23)/t2*12-,13-,14+/m11/s1. The maximum absolute atomic E-state index is 12.6. The lowest BCUT2D eigenvalue weighted by molar-refractivity contribution is -0.141. The lowest BCUT2D eigenvalue weighted by Crippen LogP contribution is -2.52. The van der Waals surface area contributed by atoms with Crippen LogP contribution in [0.5, 0.6) is 0 Å². The first-order chi connectivity index (χ1) is 28.0. The highest BCUT2D eigenvalue weighted by molar-refractivity contribution is 7.80. The Hall–Kier alpha value is -4.23. The summed E-state index contributed by atoms with van der Waals surface area (Å²) in [6, 6.07) is -4.18. The minimum Gasteiger partial charge on any atom is -0.444 e. The first-order valence-corrected chi connectivity index (χ1v) is 21.8. The van der Waals surface area contributed by atoms with Crippen molar-refractivity contribution in [3.63, 3.8) is 0 Å². The van der Waals surface area contributed by atoms with Gasteiger partial charge in [0.05, 0.1) is 37.4 Å². The monoisotopic (exact) mass is 876 g/mol. The van der Waals surface area contributed by atoms with Gasteiger partial charge in [-0.1, -0.05) is 0 Å². The molecule has 0 spiro atoms. The largest absolute Gasteiger partial charge is 0.444 e. The van der Waals surface area contributed by atoms with Gasteiger partial charge in [0, 0.05) is 26.2 Å². The lowest BCUT2D eigenvalue weighted by Gasteiger charge is -2.36. The molecule has 6 atom stereocenters. The molecule has 24 heteroatoms. The summed E-state index contributed by atoms with van der Waals surface area (Å²) < 4.78 is 46.0. The Morgan fingerprint density at radius 2 is 1.10 bits per heavy atom. The van der Waals surface area contributed by atoms with E-state index in [-0.39, 0.29) is 50.4 Å². The van der Waals surface area contributed by atoms with Gasteiger partial charge < -0.3 is 29.1 Å². The Labute approximate surface area is 349 Å². The third-order valence-corrected chi connectivity index (χ3v) is 11.2. The van der Waals surface area contributed by atoms with Crippen LogP contribution in [-0.4, -0.2) is 171 Å². The number of likely N-dealkylation sites (tertiary alicyclic amines) is 2. The maximum atomic E-state index is 12.6. The van der Waals surface area contributed by atoms with Gasteiger partial charge in [-0.15, -0.1) is 4.28 Å². The zero-order chi connectivity index (χ0) is 44.2. The van der Waals surface area contributed by atoms with E-state index in [9.17, 15) is 42.4 Å². The van der Waals surface area contributed by atoms with E-state index < -0.39 is 69.7 Å². The van der Waals surface area contributed by atoms with Crippen LogP contribution < -0.4 is 11.0 Å². The molecule has 0 saturated carbocycles. The van der Waals surface area contributed by atoms with Gasteiger partial charge in [0.15, 0.2) is 0 Å². The van der Waals surface area contributed by atoms with Crippen LogP contribution >= 0.6 is 0 Å². The van der Waals surface area contributed by atoms with Crippen LogP contribution in [-0.2, 0) is 43.4 Å². The highest BCUT2D eigenvalue weighted by Crippen LogP contribution is 2.31. The van der Waals surface area contributed by atoms with Gasteiger partial charge in [-0.2, -0.15) is 13.5 Å². The Balaban J connectivity index is 0.000000230. The molecule has 0 unspecified atom stereocenters. The summed E-state index contributed by atoms with van der Waals surface area (Å²) in [5, 5.41) is 11.0. The van der Waals surface area contributed by atoms with Crippen LogP contribution in [0.3, 0.4) is 0 Å². The van der Waals surface area contributed by atoms with E-state index in [0.717, 1.165) is 32.1 Å². The molecule has 4 bridgehead atoms. The fourth-order valence-electron chi connectivity index (χ4n) is 8.05. The Morgan fingerprint density at radius 3 is 1.55 bits per heavy atom. The number of urea groups is 2. The van der Waals surface area contributed by atoms with Crippen molar-refractivity contribution in [1.29, 1.82) is 0 Å². The molecule has 8 amide bonds. The van der Waals surface area contributed by atoms with E-state index in [1.54, 1.807) is 30.6 Å². The minimum atomic E-state index is -4.86. The third kappa shape index (κ3) is 12.2. The molecule has 0 aromatic heterocycles. The zero-order valence-corrected chi connectivity index (χ0v) is 35.9. The molecule has 6 heterocycles. The molecular weight excluding hydrogens is 817 g/mol. The minimum absolute atomic E-state index is 0.0618. The second kappa shape index (κ2) is 19.2. The first-order valence-electron chi connectivity index (χ1n) is 20.4. The normalized spacial score (nSPS) is 27.0. The van der Waals surface area contributed by atoms with Crippen LogP contribution in [0.2, 0.25) is 0 Å². The molecular formula is C36H60N8O15S. The number of hydrogen-bond donors (Lipinski definition) is 4. The van der Waals surface area contributed by atoms with E-state index in [4.69, 9.17) is 23.7 Å². The summed E-state index contributed by atoms with van der Waals surface area (Å²) >= 11 is 0. The topological polar surface area (TPSA) is 267 Å². The quantitative estimate of drug-likeness (QED) is 0.139. The van der Waals surface area contributed by atoms with E-state index in [1.165, 1.54) is 9.80 Å². The summed E-state index contributed by atoms with van der Waals surface area (Å²) in [6.07, 6.45) is 5.91. The van der Waals surface area contributed by atoms with Crippen molar-refractivity contribution in [2.24, 2.45) is 0 Å². The predicted octanol–water partition coefficient (Wildman–Crippen LogP) is 2.31. The summed E-state index contributed by atoms with van der Waals surface area (Å²) in [7, 11) is -4.86. The van der Waals surface area contributed by atoms with E-state index >= 15 is 0 Å². The molecule has 0 aliphatic carbocycles. The van der Waals surface area contributed by atoms with E-state index in [0.29, 0.717) is 55.4 Å². The highest BCUT2D eigenvalue weighted by Gasteiger charge is 2.50. The van der Waals surface area contributed by atoms with Gasteiger partial charge in [-0.05, 0) is 106 Å². The smallest absolute Gasteiger partial charge is 0.418 e. The molecule has 0 aromatic rings. The Kier molecular flexibility index (Phi) is 15.0. The number of piperidine rings is 4. The highest BCUT2D eigenvalue weighted by atomic mass is 32.3. The summed E-state index contributed by atoms with van der Waals surface area (Å²) in [6.45, 7) is 12.6. The fraction of sp³-hybridized carbons (Fsp3) is 0.833. The summed E-state index contributed by atoms with van der Waals surface area (Å²) in [4.78, 5) is 90.9. The van der Waals surface area contributed by atoms with Crippen molar-refractivity contribution >= 4 is 46.5 Å². The molecule has 6 fully saturated rings. The third-order valence-electron chi connectivity index (χ3n) is 10.9. The Morgan fingerprint density at radius 1 is 0.667 bits per heavy atom. The van der Waals surface area contributed by atoms with Gasteiger partial charge in [0.25, 0.3) is 11.8 Å². The molecule has 6 saturated heterocycles. The SMILES string of the molecule is CC(C)(C)OC(=O)N1CCCC[C@@H]1CONC(=O)[C@@H]1CC[C@@H]2CN1C(=O)N2O.CC(C)(C)OC(=O)N1CCCC[C@@H]1CONC(=O)[C@@H]1CC[C@@H]2CN1C(=O)N2OS(=O)(=O)O. The number of hydroxylamine groups is 6. The molecule has 4 N–H and O–H groups in total. The van der Waals surface area contributed by atoms with Crippen LogP contribution in [0, 0.1) is 0 Å². The molecule has 6 rings (SSSR count). The summed E-state index contributed by atoms with van der Waals surface area (Å²) in [5.74, 6) is -0.980. The average molecular weight is 877 g/mol. The predicted molar refractivity (Wildman–Crippen MR) is 205 cm³/mol. The van der Waals surface area contributed by atoms with Crippen molar-refractivity contribution in [3.8, 4) is 0 Å². The van der Waals surface area contributed by atoms with Crippen molar-refractivity contribution < 1.29 is 70.4 Å². The number of carbonyl (C=O) groups excluding carboxylic acids is 6. The average Bonchev–Trinajstić information content (AvgIpc) is 3.52. The van der Waals surface area contributed by atoms with Crippen molar-refractivity contribution in [2.45, 2.75) is 153 Å². The number of hydrogen-bond acceptors (Lipinski definition) is 14. The zero-order valence-electron chi connectivity index (χ0n) is 35.1. The fourth-order valence-corrected chi connectivity index (χ4v) is 8.44. The van der Waals surface area contributed by atoms with Crippen LogP contribution in [0.15, 0.2) is 0 Å². The first kappa shape index (κ1) is 46.8. The molecule has 6 aliphatic rings. The molecule has 23 nitrogen and oxygen atoms in total. The van der Waals surface area contributed by atoms with Crippen molar-refractivity contribution in [3.05, 3.63) is 0 Å². The van der Waals surface area contributed by atoms with E-state index in [1.807, 2.05) is 20.8 Å². The van der Waals surface area contributed by atoms with Gasteiger partial charge in [-0.25, -0.2) is 35.2 Å². The van der Waals surface area contributed by atoms with Gasteiger partial charge >= 0.3 is 34.6 Å². The number of nitrogens with zero attached hydrogens (tertiary/aromatic N) is 6.